The molecule has 1 aromatic carbocycles. The lowest BCUT2D eigenvalue weighted by Gasteiger charge is -2.13. The molecule has 0 radical (unpaired) electrons. The summed E-state index contributed by atoms with van der Waals surface area (Å²) in [5.74, 6) is 0.587. The van der Waals surface area contributed by atoms with E-state index in [0.29, 0.717) is 6.42 Å². The summed E-state index contributed by atoms with van der Waals surface area (Å²) in [6.07, 6.45) is 2.20. The van der Waals surface area contributed by atoms with Gasteiger partial charge in [0.2, 0.25) is 0 Å². The van der Waals surface area contributed by atoms with Crippen LogP contribution in [-0.2, 0) is 16.3 Å². The molecule has 0 fully saturated rings. The van der Waals surface area contributed by atoms with Gasteiger partial charge in [-0.2, -0.15) is 0 Å². The Hall–Kier alpha value is -0.870. The molecule has 0 aliphatic rings. The standard InChI is InChI=1S/C14H22O3S/c1-2-18(16,17)10-6-9-14(12-15)11-13-7-4-3-5-8-13/h3-5,7-8,14-15H,2,6,9-12H2,1H3. The van der Waals surface area contributed by atoms with E-state index in [-0.39, 0.29) is 24.0 Å². The molecule has 0 aliphatic carbocycles. The van der Waals surface area contributed by atoms with Crippen molar-refractivity contribution in [2.45, 2.75) is 26.2 Å². The molecule has 0 bridgehead atoms. The molecule has 1 rings (SSSR count). The Morgan fingerprint density at radius 3 is 2.44 bits per heavy atom. The van der Waals surface area contributed by atoms with Crippen LogP contribution < -0.4 is 0 Å². The molecular weight excluding hydrogens is 248 g/mol. The van der Waals surface area contributed by atoms with E-state index < -0.39 is 9.84 Å². The van der Waals surface area contributed by atoms with E-state index in [2.05, 4.69) is 0 Å². The molecule has 1 atom stereocenters. The zero-order valence-corrected chi connectivity index (χ0v) is 11.7. The zero-order chi connectivity index (χ0) is 13.4. The van der Waals surface area contributed by atoms with Crippen molar-refractivity contribution in [2.24, 2.45) is 5.92 Å². The Labute approximate surface area is 110 Å². The van der Waals surface area contributed by atoms with Gasteiger partial charge < -0.3 is 5.11 Å². The molecule has 0 amide bonds. The molecule has 0 spiro atoms. The van der Waals surface area contributed by atoms with Gasteiger partial charge in [0.05, 0.1) is 5.75 Å². The third-order valence-electron chi connectivity index (χ3n) is 3.13. The van der Waals surface area contributed by atoms with Gasteiger partial charge >= 0.3 is 0 Å². The van der Waals surface area contributed by atoms with Crippen LogP contribution in [0.5, 0.6) is 0 Å². The van der Waals surface area contributed by atoms with Crippen LogP contribution in [0.4, 0.5) is 0 Å². The second kappa shape index (κ2) is 7.54. The summed E-state index contributed by atoms with van der Waals surface area (Å²) in [6, 6.07) is 9.98. The van der Waals surface area contributed by atoms with Gasteiger partial charge in [-0.15, -0.1) is 0 Å². The highest BCUT2D eigenvalue weighted by atomic mass is 32.2. The van der Waals surface area contributed by atoms with Crippen LogP contribution in [0.1, 0.15) is 25.3 Å². The fourth-order valence-corrected chi connectivity index (χ4v) is 2.84. The average molecular weight is 270 g/mol. The Bertz CT molecular complexity index is 426. The summed E-state index contributed by atoms with van der Waals surface area (Å²) in [5, 5.41) is 9.32. The number of sulfone groups is 1. The largest absolute Gasteiger partial charge is 0.396 e. The lowest BCUT2D eigenvalue weighted by molar-refractivity contribution is 0.217. The fraction of sp³-hybridized carbons (Fsp3) is 0.571. The molecule has 0 saturated heterocycles. The molecule has 18 heavy (non-hydrogen) atoms. The van der Waals surface area contributed by atoms with Crippen LogP contribution in [0.2, 0.25) is 0 Å². The first-order valence-corrected chi connectivity index (χ1v) is 8.24. The van der Waals surface area contributed by atoms with Crippen molar-refractivity contribution in [1.29, 1.82) is 0 Å². The zero-order valence-electron chi connectivity index (χ0n) is 10.9. The van der Waals surface area contributed by atoms with E-state index in [1.54, 1.807) is 6.92 Å². The molecule has 1 N–H and O–H groups in total. The lowest BCUT2D eigenvalue weighted by atomic mass is 9.96. The van der Waals surface area contributed by atoms with E-state index in [9.17, 15) is 13.5 Å². The SMILES string of the molecule is CCS(=O)(=O)CCCC(CO)Cc1ccccc1. The summed E-state index contributed by atoms with van der Waals surface area (Å²) in [5.41, 5.74) is 1.19. The van der Waals surface area contributed by atoms with Gasteiger partial charge in [-0.1, -0.05) is 37.3 Å². The topological polar surface area (TPSA) is 54.4 Å². The molecule has 1 aromatic rings. The minimum absolute atomic E-state index is 0.112. The van der Waals surface area contributed by atoms with Gasteiger partial charge in [0.25, 0.3) is 0 Å². The molecule has 0 heterocycles. The van der Waals surface area contributed by atoms with Gasteiger partial charge in [0.1, 0.15) is 9.84 Å². The highest BCUT2D eigenvalue weighted by Crippen LogP contribution is 2.14. The Balaban J connectivity index is 2.39. The Morgan fingerprint density at radius 1 is 1.22 bits per heavy atom. The number of aliphatic hydroxyl groups excluding tert-OH is 1. The maximum Gasteiger partial charge on any atom is 0.150 e. The minimum atomic E-state index is -2.88. The van der Waals surface area contributed by atoms with Crippen molar-refractivity contribution in [3.8, 4) is 0 Å². The summed E-state index contributed by atoms with van der Waals surface area (Å²) >= 11 is 0. The van der Waals surface area contributed by atoms with E-state index in [1.807, 2.05) is 30.3 Å². The molecule has 0 aliphatic heterocycles. The average Bonchev–Trinajstić information content (AvgIpc) is 2.38. The first-order valence-electron chi connectivity index (χ1n) is 6.42. The number of hydrogen-bond donors (Lipinski definition) is 1. The quantitative estimate of drug-likeness (QED) is 0.786. The first kappa shape index (κ1) is 15.2. The van der Waals surface area contributed by atoms with Crippen molar-refractivity contribution in [3.63, 3.8) is 0 Å². The smallest absolute Gasteiger partial charge is 0.150 e. The van der Waals surface area contributed by atoms with Crippen molar-refractivity contribution in [2.75, 3.05) is 18.1 Å². The van der Waals surface area contributed by atoms with Gasteiger partial charge in [-0.3, -0.25) is 0 Å². The third-order valence-corrected chi connectivity index (χ3v) is 4.92. The van der Waals surface area contributed by atoms with Crippen molar-refractivity contribution >= 4 is 9.84 Å². The maximum absolute atomic E-state index is 11.4. The lowest BCUT2D eigenvalue weighted by Crippen LogP contribution is -2.14. The molecule has 1 unspecified atom stereocenters. The van der Waals surface area contributed by atoms with E-state index in [0.717, 1.165) is 12.8 Å². The van der Waals surface area contributed by atoms with Crippen LogP contribution in [0, 0.1) is 5.92 Å². The van der Waals surface area contributed by atoms with Crippen LogP contribution in [0.15, 0.2) is 30.3 Å². The number of aliphatic hydroxyl groups is 1. The van der Waals surface area contributed by atoms with Crippen LogP contribution in [-0.4, -0.2) is 31.6 Å². The van der Waals surface area contributed by atoms with Crippen LogP contribution >= 0.6 is 0 Å². The van der Waals surface area contributed by atoms with Crippen molar-refractivity contribution < 1.29 is 13.5 Å². The number of rotatable bonds is 8. The van der Waals surface area contributed by atoms with Gasteiger partial charge in [0, 0.05) is 12.4 Å². The van der Waals surface area contributed by atoms with Crippen LogP contribution in [0.3, 0.4) is 0 Å². The predicted molar refractivity (Wildman–Crippen MR) is 74.3 cm³/mol. The number of benzene rings is 1. The van der Waals surface area contributed by atoms with Crippen molar-refractivity contribution in [1.82, 2.24) is 0 Å². The molecule has 102 valence electrons. The molecule has 3 nitrogen and oxygen atoms in total. The molecule has 0 saturated carbocycles. The normalized spacial score (nSPS) is 13.4. The summed E-state index contributed by atoms with van der Waals surface area (Å²) in [6.45, 7) is 1.78. The van der Waals surface area contributed by atoms with E-state index >= 15 is 0 Å². The highest BCUT2D eigenvalue weighted by molar-refractivity contribution is 7.91. The highest BCUT2D eigenvalue weighted by Gasteiger charge is 2.12. The summed E-state index contributed by atoms with van der Waals surface area (Å²) in [7, 11) is -2.88. The second-order valence-corrected chi connectivity index (χ2v) is 7.09. The Morgan fingerprint density at radius 2 is 1.89 bits per heavy atom. The monoisotopic (exact) mass is 270 g/mol. The van der Waals surface area contributed by atoms with Gasteiger partial charge in [-0.25, -0.2) is 8.42 Å². The molecule has 4 heteroatoms. The predicted octanol–water partition coefficient (Wildman–Crippen LogP) is 2.05. The van der Waals surface area contributed by atoms with Gasteiger partial charge in [-0.05, 0) is 30.7 Å². The second-order valence-electron chi connectivity index (χ2n) is 4.62. The summed E-state index contributed by atoms with van der Waals surface area (Å²) < 4.78 is 22.7. The molecule has 0 aromatic heterocycles. The van der Waals surface area contributed by atoms with Crippen molar-refractivity contribution in [3.05, 3.63) is 35.9 Å². The summed E-state index contributed by atoms with van der Waals surface area (Å²) in [4.78, 5) is 0. The number of hydrogen-bond acceptors (Lipinski definition) is 3. The first-order chi connectivity index (χ1) is 8.57. The fourth-order valence-electron chi connectivity index (χ4n) is 1.94. The Kier molecular flexibility index (Phi) is 6.36. The minimum Gasteiger partial charge on any atom is -0.396 e. The van der Waals surface area contributed by atoms with E-state index in [4.69, 9.17) is 0 Å². The third kappa shape index (κ3) is 5.65. The molecular formula is C14H22O3S. The van der Waals surface area contributed by atoms with E-state index in [1.165, 1.54) is 5.56 Å². The maximum atomic E-state index is 11.4. The van der Waals surface area contributed by atoms with Gasteiger partial charge in [0.15, 0.2) is 0 Å². The van der Waals surface area contributed by atoms with Crippen LogP contribution in [0.25, 0.3) is 0 Å².